The Morgan fingerprint density at radius 1 is 1.36 bits per heavy atom. The number of sulfonamides is 1. The molecule has 1 aliphatic heterocycles. The molecule has 0 aromatic carbocycles. The van der Waals surface area contributed by atoms with Crippen LogP contribution in [0.25, 0.3) is 0 Å². The average molecular weight is 322 g/mol. The van der Waals surface area contributed by atoms with Crippen LogP contribution in [0.2, 0.25) is 0 Å². The van der Waals surface area contributed by atoms with E-state index in [1.165, 1.54) is 17.1 Å². The van der Waals surface area contributed by atoms with Gasteiger partial charge in [-0.15, -0.1) is 0 Å². The molecule has 3 heterocycles. The molecule has 2 aromatic heterocycles. The van der Waals surface area contributed by atoms with Gasteiger partial charge in [0.25, 0.3) is 0 Å². The maximum Gasteiger partial charge on any atom is 0.243 e. The van der Waals surface area contributed by atoms with E-state index in [4.69, 9.17) is 0 Å². The minimum Gasteiger partial charge on any atom is -0.337 e. The summed E-state index contributed by atoms with van der Waals surface area (Å²) in [5, 5.41) is 3.89. The monoisotopic (exact) mass is 322 g/mol. The Balaban J connectivity index is 1.68. The van der Waals surface area contributed by atoms with Crippen molar-refractivity contribution in [3.8, 4) is 0 Å². The Bertz CT molecular complexity index is 730. The zero-order valence-electron chi connectivity index (χ0n) is 12.3. The van der Waals surface area contributed by atoms with Gasteiger partial charge in [0.05, 0.1) is 6.20 Å². The third kappa shape index (κ3) is 3.09. The molecular formula is C13H18N6O2S. The quantitative estimate of drug-likeness (QED) is 0.843. The number of aryl methyl sites for hydroxylation is 1. The first-order valence-electron chi connectivity index (χ1n) is 7.08. The molecule has 3 rings (SSSR count). The van der Waals surface area contributed by atoms with Crippen LogP contribution in [-0.4, -0.2) is 47.3 Å². The summed E-state index contributed by atoms with van der Waals surface area (Å²) in [7, 11) is -1.85. The Morgan fingerprint density at radius 2 is 2.14 bits per heavy atom. The maximum absolute atomic E-state index is 12.2. The first-order valence-corrected chi connectivity index (χ1v) is 8.56. The lowest BCUT2D eigenvalue weighted by molar-refractivity contribution is 0.565. The molecule has 9 heteroatoms. The number of hydrogen-bond acceptors (Lipinski definition) is 6. The number of nitrogens with one attached hydrogen (secondary N) is 1. The standard InChI is InChI=1S/C13H18N6O2S/c1-18-10-12(9-16-18)22(20,21)17-8-11-4-2-7-19(11)13-14-5-3-6-15-13/h3,5-6,9-11,17H,2,4,7-8H2,1H3/t11-/m1/s1. The minimum absolute atomic E-state index is 0.0637. The van der Waals surface area contributed by atoms with Crippen LogP contribution in [-0.2, 0) is 17.1 Å². The Kier molecular flexibility index (Phi) is 4.08. The zero-order valence-corrected chi connectivity index (χ0v) is 13.1. The van der Waals surface area contributed by atoms with Gasteiger partial charge in [0.2, 0.25) is 16.0 Å². The smallest absolute Gasteiger partial charge is 0.243 e. The highest BCUT2D eigenvalue weighted by atomic mass is 32.2. The predicted molar refractivity (Wildman–Crippen MR) is 80.8 cm³/mol. The molecule has 0 radical (unpaired) electrons. The molecule has 1 aliphatic rings. The summed E-state index contributed by atoms with van der Waals surface area (Å²) >= 11 is 0. The van der Waals surface area contributed by atoms with Crippen LogP contribution in [0.1, 0.15) is 12.8 Å². The lowest BCUT2D eigenvalue weighted by Gasteiger charge is -2.24. The summed E-state index contributed by atoms with van der Waals surface area (Å²) < 4.78 is 28.6. The fourth-order valence-electron chi connectivity index (χ4n) is 2.58. The first kappa shape index (κ1) is 14.9. The number of nitrogens with zero attached hydrogens (tertiary/aromatic N) is 5. The molecule has 8 nitrogen and oxygen atoms in total. The third-order valence-electron chi connectivity index (χ3n) is 3.69. The van der Waals surface area contributed by atoms with E-state index in [-0.39, 0.29) is 10.9 Å². The molecular weight excluding hydrogens is 304 g/mol. The van der Waals surface area contributed by atoms with Crippen LogP contribution >= 0.6 is 0 Å². The fourth-order valence-corrected chi connectivity index (χ4v) is 3.63. The highest BCUT2D eigenvalue weighted by molar-refractivity contribution is 7.89. The van der Waals surface area contributed by atoms with Crippen molar-refractivity contribution in [1.29, 1.82) is 0 Å². The third-order valence-corrected chi connectivity index (χ3v) is 5.06. The molecule has 1 fully saturated rings. The van der Waals surface area contributed by atoms with Gasteiger partial charge in [-0.1, -0.05) is 0 Å². The predicted octanol–water partition coefficient (Wildman–Crippen LogP) is 0.157. The van der Waals surface area contributed by atoms with Gasteiger partial charge in [0, 0.05) is 44.8 Å². The van der Waals surface area contributed by atoms with Crippen molar-refractivity contribution < 1.29 is 8.42 Å². The van der Waals surface area contributed by atoms with Crippen molar-refractivity contribution in [2.24, 2.45) is 7.05 Å². The van der Waals surface area contributed by atoms with Crippen LogP contribution in [0.15, 0.2) is 35.7 Å². The molecule has 0 spiro atoms. The van der Waals surface area contributed by atoms with E-state index in [1.54, 1.807) is 25.5 Å². The Morgan fingerprint density at radius 3 is 2.82 bits per heavy atom. The second-order valence-electron chi connectivity index (χ2n) is 5.24. The van der Waals surface area contributed by atoms with Crippen molar-refractivity contribution in [1.82, 2.24) is 24.5 Å². The van der Waals surface area contributed by atoms with Crippen molar-refractivity contribution in [2.45, 2.75) is 23.8 Å². The molecule has 2 aromatic rings. The SMILES string of the molecule is Cn1cc(S(=O)(=O)NC[C@H]2CCCN2c2ncccn2)cn1. The topological polar surface area (TPSA) is 93.0 Å². The van der Waals surface area contributed by atoms with Gasteiger partial charge in [-0.25, -0.2) is 23.1 Å². The van der Waals surface area contributed by atoms with E-state index in [0.717, 1.165) is 19.4 Å². The van der Waals surface area contributed by atoms with Gasteiger partial charge in [-0.2, -0.15) is 5.10 Å². The summed E-state index contributed by atoms with van der Waals surface area (Å²) in [6, 6.07) is 1.83. The largest absolute Gasteiger partial charge is 0.337 e. The summed E-state index contributed by atoms with van der Waals surface area (Å²) in [4.78, 5) is 10.7. The van der Waals surface area contributed by atoms with Crippen molar-refractivity contribution in [2.75, 3.05) is 18.0 Å². The molecule has 118 valence electrons. The van der Waals surface area contributed by atoms with Crippen molar-refractivity contribution >= 4 is 16.0 Å². The van der Waals surface area contributed by atoms with Gasteiger partial charge < -0.3 is 4.90 Å². The average Bonchev–Trinajstić information content (AvgIpc) is 3.15. The highest BCUT2D eigenvalue weighted by Gasteiger charge is 2.28. The Hall–Kier alpha value is -2.00. The number of rotatable bonds is 5. The van der Waals surface area contributed by atoms with Crippen molar-refractivity contribution in [3.63, 3.8) is 0 Å². The van der Waals surface area contributed by atoms with Crippen LogP contribution in [0.5, 0.6) is 0 Å². The van der Waals surface area contributed by atoms with E-state index < -0.39 is 10.0 Å². The highest BCUT2D eigenvalue weighted by Crippen LogP contribution is 2.21. The summed E-state index contributed by atoms with van der Waals surface area (Å²) in [6.07, 6.45) is 8.12. The number of anilines is 1. The molecule has 0 unspecified atom stereocenters. The lowest BCUT2D eigenvalue weighted by Crippen LogP contribution is -2.40. The molecule has 1 N–H and O–H groups in total. The summed E-state index contributed by atoms with van der Waals surface area (Å²) in [5.41, 5.74) is 0. The van der Waals surface area contributed by atoms with Crippen LogP contribution in [0.4, 0.5) is 5.95 Å². The van der Waals surface area contributed by atoms with E-state index in [1.807, 2.05) is 4.90 Å². The van der Waals surface area contributed by atoms with Crippen LogP contribution < -0.4 is 9.62 Å². The molecule has 1 atom stereocenters. The van der Waals surface area contributed by atoms with E-state index >= 15 is 0 Å². The van der Waals surface area contributed by atoms with Gasteiger partial charge in [0.15, 0.2) is 0 Å². The maximum atomic E-state index is 12.2. The van der Waals surface area contributed by atoms with E-state index in [2.05, 4.69) is 19.8 Å². The normalized spacial score (nSPS) is 18.8. The number of hydrogen-bond donors (Lipinski definition) is 1. The van der Waals surface area contributed by atoms with Gasteiger partial charge in [-0.05, 0) is 18.9 Å². The number of aromatic nitrogens is 4. The zero-order chi connectivity index (χ0) is 15.6. The van der Waals surface area contributed by atoms with Crippen LogP contribution in [0, 0.1) is 0 Å². The Labute approximate surface area is 129 Å². The fraction of sp³-hybridized carbons (Fsp3) is 0.462. The second-order valence-corrected chi connectivity index (χ2v) is 7.01. The minimum atomic E-state index is -3.53. The second kappa shape index (κ2) is 6.01. The van der Waals surface area contributed by atoms with Crippen LogP contribution in [0.3, 0.4) is 0 Å². The molecule has 22 heavy (non-hydrogen) atoms. The summed E-state index contributed by atoms with van der Waals surface area (Å²) in [5.74, 6) is 0.644. The van der Waals surface area contributed by atoms with Gasteiger partial charge >= 0.3 is 0 Å². The van der Waals surface area contributed by atoms with Gasteiger partial charge in [0.1, 0.15) is 4.90 Å². The molecule has 0 amide bonds. The van der Waals surface area contributed by atoms with E-state index in [9.17, 15) is 8.42 Å². The first-order chi connectivity index (χ1) is 10.6. The molecule has 0 saturated carbocycles. The molecule has 0 aliphatic carbocycles. The van der Waals surface area contributed by atoms with Gasteiger partial charge in [-0.3, -0.25) is 4.68 Å². The molecule has 1 saturated heterocycles. The molecule has 0 bridgehead atoms. The van der Waals surface area contributed by atoms with Crippen molar-refractivity contribution in [3.05, 3.63) is 30.9 Å². The van der Waals surface area contributed by atoms with E-state index in [0.29, 0.717) is 12.5 Å². The lowest BCUT2D eigenvalue weighted by atomic mass is 10.2. The summed E-state index contributed by atoms with van der Waals surface area (Å²) in [6.45, 7) is 1.17.